The van der Waals surface area contributed by atoms with Crippen molar-refractivity contribution in [2.24, 2.45) is 0 Å². The van der Waals surface area contributed by atoms with Gasteiger partial charge in [-0.25, -0.2) is 0 Å². The van der Waals surface area contributed by atoms with E-state index < -0.39 is 13.9 Å². The molecule has 0 aliphatic heterocycles. The summed E-state index contributed by atoms with van der Waals surface area (Å²) in [6, 6.07) is 0. The van der Waals surface area contributed by atoms with Crippen molar-refractivity contribution in [1.82, 2.24) is 0 Å². The molecule has 2 atom stereocenters. The van der Waals surface area contributed by atoms with Crippen molar-refractivity contribution in [3.63, 3.8) is 0 Å². The topological polar surface area (TPSA) is 94.1 Å². The van der Waals surface area contributed by atoms with Crippen molar-refractivity contribution in [3.05, 3.63) is 60.8 Å². The number of esters is 1. The molecule has 332 valence electrons. The van der Waals surface area contributed by atoms with E-state index in [1.807, 2.05) is 21.1 Å². The summed E-state index contributed by atoms with van der Waals surface area (Å²) in [5, 5.41) is 0. The SMILES string of the molecule is CC/C=C\C/C=C\C/C=C\C/C=C\C/C=C\CCCCCCCCOCC(COP(=O)([O-])OCC[N+](C)(C)C)OC(=O)CCCCCCCCCCCCCCC. The van der Waals surface area contributed by atoms with Crippen LogP contribution in [-0.4, -0.2) is 70.7 Å². The monoisotopic (exact) mass is 822 g/mol. The number of ether oxygens (including phenoxy) is 2. The lowest BCUT2D eigenvalue weighted by molar-refractivity contribution is -0.870. The highest BCUT2D eigenvalue weighted by Gasteiger charge is 2.20. The maximum atomic E-state index is 12.7. The minimum Gasteiger partial charge on any atom is -0.756 e. The molecule has 0 bridgehead atoms. The Hall–Kier alpha value is -1.80. The molecule has 0 amide bonds. The summed E-state index contributed by atoms with van der Waals surface area (Å²) in [5.74, 6) is -0.341. The molecule has 0 rings (SSSR count). The molecule has 0 N–H and O–H groups in total. The van der Waals surface area contributed by atoms with Crippen LogP contribution in [0, 0.1) is 0 Å². The van der Waals surface area contributed by atoms with E-state index in [9.17, 15) is 14.3 Å². The molecule has 0 aliphatic rings. The van der Waals surface area contributed by atoms with E-state index in [2.05, 4.69) is 74.6 Å². The molecule has 0 radical (unpaired) electrons. The Morgan fingerprint density at radius 2 is 1.02 bits per heavy atom. The summed E-state index contributed by atoms with van der Waals surface area (Å²) in [6.45, 7) is 5.26. The van der Waals surface area contributed by atoms with Crippen molar-refractivity contribution < 1.29 is 37.3 Å². The summed E-state index contributed by atoms with van der Waals surface area (Å²) in [5.41, 5.74) is 0. The molecule has 0 aliphatic carbocycles. The van der Waals surface area contributed by atoms with E-state index in [0.29, 0.717) is 24.1 Å². The predicted molar refractivity (Wildman–Crippen MR) is 240 cm³/mol. The van der Waals surface area contributed by atoms with Crippen LogP contribution in [0.1, 0.15) is 181 Å². The molecule has 57 heavy (non-hydrogen) atoms. The van der Waals surface area contributed by atoms with Crippen LogP contribution in [0.15, 0.2) is 60.8 Å². The van der Waals surface area contributed by atoms with Crippen molar-refractivity contribution in [1.29, 1.82) is 0 Å². The van der Waals surface area contributed by atoms with Gasteiger partial charge in [-0.1, -0.05) is 177 Å². The van der Waals surface area contributed by atoms with Gasteiger partial charge in [0.05, 0.1) is 34.4 Å². The highest BCUT2D eigenvalue weighted by atomic mass is 31.2. The molecule has 0 saturated heterocycles. The summed E-state index contributed by atoms with van der Waals surface area (Å²) < 4.78 is 34.6. The number of carbonyl (C=O) groups excluding carboxylic acids is 1. The number of hydrogen-bond acceptors (Lipinski definition) is 7. The maximum Gasteiger partial charge on any atom is 0.306 e. The Bertz CT molecular complexity index is 1090. The number of phosphoric ester groups is 1. The number of phosphoric acid groups is 1. The molecule has 0 aromatic rings. The Balaban J connectivity index is 4.22. The van der Waals surface area contributed by atoms with Gasteiger partial charge in [-0.2, -0.15) is 0 Å². The number of carbonyl (C=O) groups is 1. The summed E-state index contributed by atoms with van der Waals surface area (Å²) in [6.07, 6.45) is 50.9. The third-order valence-corrected chi connectivity index (χ3v) is 10.5. The van der Waals surface area contributed by atoms with Gasteiger partial charge < -0.3 is 27.9 Å². The van der Waals surface area contributed by atoms with Crippen molar-refractivity contribution in [2.45, 2.75) is 187 Å². The van der Waals surface area contributed by atoms with Gasteiger partial charge in [-0.3, -0.25) is 9.36 Å². The van der Waals surface area contributed by atoms with E-state index in [1.54, 1.807) is 0 Å². The van der Waals surface area contributed by atoms with Gasteiger partial charge in [-0.05, 0) is 57.8 Å². The second kappa shape index (κ2) is 41.0. The first-order valence-electron chi connectivity index (χ1n) is 23.0. The Morgan fingerprint density at radius 3 is 1.53 bits per heavy atom. The van der Waals surface area contributed by atoms with Crippen LogP contribution in [0.25, 0.3) is 0 Å². The smallest absolute Gasteiger partial charge is 0.306 e. The van der Waals surface area contributed by atoms with E-state index >= 15 is 0 Å². The fourth-order valence-electron chi connectivity index (χ4n) is 6.04. The molecular formula is C48H88NO7P. The highest BCUT2D eigenvalue weighted by molar-refractivity contribution is 7.45. The average molecular weight is 822 g/mol. The van der Waals surface area contributed by atoms with Gasteiger partial charge in [0.15, 0.2) is 0 Å². The van der Waals surface area contributed by atoms with Crippen molar-refractivity contribution in [3.8, 4) is 0 Å². The molecule has 0 fully saturated rings. The number of rotatable bonds is 42. The van der Waals surface area contributed by atoms with Crippen LogP contribution >= 0.6 is 7.82 Å². The molecule has 9 heteroatoms. The van der Waals surface area contributed by atoms with Gasteiger partial charge in [0.2, 0.25) is 0 Å². The lowest BCUT2D eigenvalue weighted by atomic mass is 10.0. The van der Waals surface area contributed by atoms with Crippen LogP contribution in [-0.2, 0) is 27.9 Å². The van der Waals surface area contributed by atoms with Gasteiger partial charge in [0, 0.05) is 13.0 Å². The standard InChI is InChI=1S/C48H88NO7P/c1-6-8-10-12-14-16-18-20-21-22-23-24-25-26-27-28-30-32-34-36-38-40-43-53-45-47(46-55-57(51,52)54-44-42-49(3,4)5)56-48(50)41-39-37-35-33-31-29-19-17-15-13-11-9-7-2/h8,10,14,16,20-21,23-24,26-27,47H,6-7,9,11-13,15,17-19,22,25,28-46H2,1-5H3/b10-8-,16-14-,21-20-,24-23-,27-26-. The fraction of sp³-hybridized carbons (Fsp3) is 0.771. The molecule has 0 aromatic carbocycles. The molecule has 0 saturated carbocycles. The van der Waals surface area contributed by atoms with Gasteiger partial charge in [0.1, 0.15) is 19.3 Å². The zero-order valence-corrected chi connectivity index (χ0v) is 38.4. The number of unbranched alkanes of at least 4 members (excludes halogenated alkanes) is 18. The van der Waals surface area contributed by atoms with Gasteiger partial charge in [0.25, 0.3) is 7.82 Å². The first kappa shape index (κ1) is 55.2. The molecule has 0 spiro atoms. The third kappa shape index (κ3) is 45.1. The van der Waals surface area contributed by atoms with E-state index in [-0.39, 0.29) is 25.8 Å². The Kier molecular flexibility index (Phi) is 39.7. The predicted octanol–water partition coefficient (Wildman–Crippen LogP) is 13.1. The zero-order chi connectivity index (χ0) is 42.0. The third-order valence-electron chi connectivity index (χ3n) is 9.58. The molecular weight excluding hydrogens is 734 g/mol. The maximum absolute atomic E-state index is 12.7. The largest absolute Gasteiger partial charge is 0.756 e. The van der Waals surface area contributed by atoms with Crippen molar-refractivity contribution in [2.75, 3.05) is 54.1 Å². The van der Waals surface area contributed by atoms with Gasteiger partial charge >= 0.3 is 5.97 Å². The Morgan fingerprint density at radius 1 is 0.561 bits per heavy atom. The minimum absolute atomic E-state index is 0.0215. The fourth-order valence-corrected chi connectivity index (χ4v) is 6.77. The first-order chi connectivity index (χ1) is 27.6. The number of nitrogens with zero attached hydrogens (tertiary/aromatic N) is 1. The lowest BCUT2D eigenvalue weighted by Gasteiger charge is -2.28. The number of allylic oxidation sites excluding steroid dienone is 10. The van der Waals surface area contributed by atoms with Crippen molar-refractivity contribution >= 4 is 13.8 Å². The molecule has 0 heterocycles. The minimum atomic E-state index is -4.53. The van der Waals surface area contributed by atoms with E-state index in [4.69, 9.17) is 18.5 Å². The first-order valence-corrected chi connectivity index (χ1v) is 24.5. The van der Waals surface area contributed by atoms with Crippen LogP contribution in [0.5, 0.6) is 0 Å². The number of hydrogen-bond donors (Lipinski definition) is 0. The Labute approximate surface area is 351 Å². The quantitative estimate of drug-likeness (QED) is 0.0199. The van der Waals surface area contributed by atoms with E-state index in [0.717, 1.165) is 77.0 Å². The summed E-state index contributed by atoms with van der Waals surface area (Å²) >= 11 is 0. The zero-order valence-electron chi connectivity index (χ0n) is 37.5. The normalized spacial score (nSPS) is 14.3. The number of likely N-dealkylation sites (N-methyl/N-ethyl adjacent to an activating group) is 1. The van der Waals surface area contributed by atoms with E-state index in [1.165, 1.54) is 83.5 Å². The highest BCUT2D eigenvalue weighted by Crippen LogP contribution is 2.38. The average Bonchev–Trinajstić information content (AvgIpc) is 3.16. The lowest BCUT2D eigenvalue weighted by Crippen LogP contribution is -2.37. The molecule has 0 aromatic heterocycles. The second-order valence-electron chi connectivity index (χ2n) is 16.4. The summed E-state index contributed by atoms with van der Waals surface area (Å²) in [7, 11) is 1.34. The van der Waals surface area contributed by atoms with Gasteiger partial charge in [-0.15, -0.1) is 0 Å². The van der Waals surface area contributed by atoms with Crippen LogP contribution in [0.3, 0.4) is 0 Å². The van der Waals surface area contributed by atoms with Crippen LogP contribution in [0.4, 0.5) is 0 Å². The summed E-state index contributed by atoms with van der Waals surface area (Å²) in [4.78, 5) is 25.1. The molecule has 8 nitrogen and oxygen atoms in total. The second-order valence-corrected chi connectivity index (χ2v) is 17.8. The number of quaternary nitrogens is 1. The molecule has 2 unspecified atom stereocenters. The van der Waals surface area contributed by atoms with Crippen LogP contribution < -0.4 is 4.89 Å². The van der Waals surface area contributed by atoms with Crippen LogP contribution in [0.2, 0.25) is 0 Å².